The summed E-state index contributed by atoms with van der Waals surface area (Å²) in [5.74, 6) is 0.332. The Labute approximate surface area is 152 Å². The number of aromatic amines is 1. The molecular weight excluding hydrogens is 326 g/mol. The number of fused-ring (bicyclic) bond motifs is 1. The largest absolute Gasteiger partial charge is 0.350 e. The van der Waals surface area contributed by atoms with Crippen LogP contribution in [-0.2, 0) is 17.8 Å². The SMILES string of the molecule is CC(C)c1ccc2[nH]c(=O)c(CCC(=O)NCc3ccccn3)cc2c1. The van der Waals surface area contributed by atoms with Crippen LogP contribution >= 0.6 is 0 Å². The zero-order chi connectivity index (χ0) is 18.5. The van der Waals surface area contributed by atoms with Crippen LogP contribution in [0.3, 0.4) is 0 Å². The third kappa shape index (κ3) is 4.36. The van der Waals surface area contributed by atoms with Gasteiger partial charge in [0.2, 0.25) is 5.91 Å². The van der Waals surface area contributed by atoms with E-state index in [1.54, 1.807) is 6.20 Å². The maximum absolute atomic E-state index is 12.2. The van der Waals surface area contributed by atoms with Crippen LogP contribution in [0, 0.1) is 0 Å². The monoisotopic (exact) mass is 349 g/mol. The lowest BCUT2D eigenvalue weighted by Gasteiger charge is -2.08. The number of hydrogen-bond acceptors (Lipinski definition) is 3. The van der Waals surface area contributed by atoms with Crippen LogP contribution in [0.25, 0.3) is 10.9 Å². The molecule has 2 aromatic heterocycles. The molecule has 1 amide bonds. The number of rotatable bonds is 6. The Morgan fingerprint density at radius 3 is 2.77 bits per heavy atom. The molecule has 5 nitrogen and oxygen atoms in total. The fourth-order valence-electron chi connectivity index (χ4n) is 2.84. The predicted molar refractivity (Wildman–Crippen MR) is 103 cm³/mol. The minimum absolute atomic E-state index is 0.0916. The summed E-state index contributed by atoms with van der Waals surface area (Å²) in [6.07, 6.45) is 2.37. The Morgan fingerprint density at radius 2 is 2.04 bits per heavy atom. The Kier molecular flexibility index (Phi) is 5.46. The number of aromatic nitrogens is 2. The molecule has 0 spiro atoms. The fraction of sp³-hybridized carbons (Fsp3) is 0.286. The molecule has 0 atom stereocenters. The molecule has 0 fully saturated rings. The third-order valence-corrected chi connectivity index (χ3v) is 4.43. The van der Waals surface area contributed by atoms with Crippen molar-refractivity contribution in [2.45, 2.75) is 39.2 Å². The average molecular weight is 349 g/mol. The number of carbonyl (C=O) groups is 1. The first-order valence-corrected chi connectivity index (χ1v) is 8.85. The van der Waals surface area contributed by atoms with Gasteiger partial charge in [-0.05, 0) is 53.6 Å². The van der Waals surface area contributed by atoms with Crippen LogP contribution in [0.1, 0.15) is 43.0 Å². The Morgan fingerprint density at radius 1 is 1.19 bits per heavy atom. The van der Waals surface area contributed by atoms with Gasteiger partial charge in [0.1, 0.15) is 0 Å². The highest BCUT2D eigenvalue weighted by atomic mass is 16.1. The van der Waals surface area contributed by atoms with Gasteiger partial charge in [-0.2, -0.15) is 0 Å². The summed E-state index contributed by atoms with van der Waals surface area (Å²) < 4.78 is 0. The maximum Gasteiger partial charge on any atom is 0.251 e. The molecule has 0 saturated carbocycles. The minimum Gasteiger partial charge on any atom is -0.350 e. The van der Waals surface area contributed by atoms with Crippen molar-refractivity contribution in [2.75, 3.05) is 0 Å². The highest BCUT2D eigenvalue weighted by molar-refractivity contribution is 5.80. The predicted octanol–water partition coefficient (Wildman–Crippen LogP) is 3.30. The summed E-state index contributed by atoms with van der Waals surface area (Å²) in [7, 11) is 0. The van der Waals surface area contributed by atoms with Crippen LogP contribution in [0.15, 0.2) is 53.5 Å². The van der Waals surface area contributed by atoms with Gasteiger partial charge in [0.25, 0.3) is 5.56 Å². The smallest absolute Gasteiger partial charge is 0.251 e. The number of hydrogen-bond donors (Lipinski definition) is 2. The summed E-state index contributed by atoms with van der Waals surface area (Å²) in [5.41, 5.74) is 3.36. The van der Waals surface area contributed by atoms with Gasteiger partial charge < -0.3 is 10.3 Å². The Hall–Kier alpha value is -2.95. The molecule has 3 aromatic rings. The first-order chi connectivity index (χ1) is 12.5. The number of pyridine rings is 2. The number of H-pyrrole nitrogens is 1. The van der Waals surface area contributed by atoms with Gasteiger partial charge in [-0.15, -0.1) is 0 Å². The van der Waals surface area contributed by atoms with E-state index in [-0.39, 0.29) is 17.9 Å². The molecule has 1 aromatic carbocycles. The van der Waals surface area contributed by atoms with Crippen molar-refractivity contribution in [3.63, 3.8) is 0 Å². The molecule has 0 aliphatic rings. The Bertz CT molecular complexity index is 962. The molecule has 134 valence electrons. The molecule has 0 aliphatic heterocycles. The second-order valence-corrected chi connectivity index (χ2v) is 6.72. The zero-order valence-electron chi connectivity index (χ0n) is 15.1. The standard InChI is InChI=1S/C21H23N3O2/c1-14(2)15-6-8-19-17(11-15)12-16(21(26)24-19)7-9-20(25)23-13-18-5-3-4-10-22-18/h3-6,8,10-12,14H,7,9,13H2,1-2H3,(H,23,25)(H,24,26). The average Bonchev–Trinajstić information content (AvgIpc) is 2.65. The van der Waals surface area contributed by atoms with E-state index in [0.717, 1.165) is 16.6 Å². The van der Waals surface area contributed by atoms with Crippen molar-refractivity contribution in [3.8, 4) is 0 Å². The van der Waals surface area contributed by atoms with Crippen LogP contribution < -0.4 is 10.9 Å². The van der Waals surface area contributed by atoms with Gasteiger partial charge in [-0.3, -0.25) is 14.6 Å². The number of amides is 1. The molecule has 0 radical (unpaired) electrons. The van der Waals surface area contributed by atoms with E-state index in [1.807, 2.05) is 36.4 Å². The Balaban J connectivity index is 1.67. The topological polar surface area (TPSA) is 74.8 Å². The van der Waals surface area contributed by atoms with E-state index < -0.39 is 0 Å². The zero-order valence-corrected chi connectivity index (χ0v) is 15.1. The molecule has 2 heterocycles. The number of nitrogens with one attached hydrogen (secondary N) is 2. The van der Waals surface area contributed by atoms with E-state index in [0.29, 0.717) is 24.4 Å². The number of nitrogens with zero attached hydrogens (tertiary/aromatic N) is 1. The minimum atomic E-state index is -0.132. The second kappa shape index (κ2) is 7.95. The van der Waals surface area contributed by atoms with Crippen LogP contribution in [0.4, 0.5) is 0 Å². The molecular formula is C21H23N3O2. The summed E-state index contributed by atoms with van der Waals surface area (Å²) in [5, 5.41) is 3.84. The number of benzene rings is 1. The van der Waals surface area contributed by atoms with Gasteiger partial charge >= 0.3 is 0 Å². The molecule has 0 aliphatic carbocycles. The number of aryl methyl sites for hydroxylation is 1. The molecule has 0 bridgehead atoms. The maximum atomic E-state index is 12.2. The quantitative estimate of drug-likeness (QED) is 0.717. The van der Waals surface area contributed by atoms with E-state index in [1.165, 1.54) is 5.56 Å². The van der Waals surface area contributed by atoms with Gasteiger partial charge in [0, 0.05) is 23.7 Å². The van der Waals surface area contributed by atoms with Gasteiger partial charge in [0.05, 0.1) is 12.2 Å². The summed E-state index contributed by atoms with van der Waals surface area (Å²) in [4.78, 5) is 31.4. The van der Waals surface area contributed by atoms with Crippen LogP contribution in [0.2, 0.25) is 0 Å². The molecule has 0 saturated heterocycles. The molecule has 2 N–H and O–H groups in total. The first-order valence-electron chi connectivity index (χ1n) is 8.85. The molecule has 0 unspecified atom stereocenters. The second-order valence-electron chi connectivity index (χ2n) is 6.72. The van der Waals surface area contributed by atoms with E-state index in [2.05, 4.69) is 35.2 Å². The third-order valence-electron chi connectivity index (χ3n) is 4.43. The van der Waals surface area contributed by atoms with Crippen LogP contribution in [0.5, 0.6) is 0 Å². The van der Waals surface area contributed by atoms with Crippen molar-refractivity contribution in [3.05, 3.63) is 75.8 Å². The van der Waals surface area contributed by atoms with Crippen molar-refractivity contribution in [1.82, 2.24) is 15.3 Å². The normalized spacial score (nSPS) is 11.0. The van der Waals surface area contributed by atoms with Crippen molar-refractivity contribution >= 4 is 16.8 Å². The van der Waals surface area contributed by atoms with Crippen LogP contribution in [-0.4, -0.2) is 15.9 Å². The summed E-state index contributed by atoms with van der Waals surface area (Å²) >= 11 is 0. The number of carbonyl (C=O) groups excluding carboxylic acids is 1. The van der Waals surface area contributed by atoms with E-state index >= 15 is 0 Å². The fourth-order valence-corrected chi connectivity index (χ4v) is 2.84. The van der Waals surface area contributed by atoms with Gasteiger partial charge in [0.15, 0.2) is 0 Å². The van der Waals surface area contributed by atoms with Gasteiger partial charge in [-0.1, -0.05) is 26.0 Å². The first kappa shape index (κ1) is 17.9. The van der Waals surface area contributed by atoms with Gasteiger partial charge in [-0.25, -0.2) is 0 Å². The summed E-state index contributed by atoms with van der Waals surface area (Å²) in [6, 6.07) is 13.5. The van der Waals surface area contributed by atoms with Crippen molar-refractivity contribution < 1.29 is 4.79 Å². The van der Waals surface area contributed by atoms with E-state index in [4.69, 9.17) is 0 Å². The van der Waals surface area contributed by atoms with Crippen molar-refractivity contribution in [1.29, 1.82) is 0 Å². The van der Waals surface area contributed by atoms with E-state index in [9.17, 15) is 9.59 Å². The lowest BCUT2D eigenvalue weighted by Crippen LogP contribution is -2.24. The molecule has 26 heavy (non-hydrogen) atoms. The highest BCUT2D eigenvalue weighted by Crippen LogP contribution is 2.20. The highest BCUT2D eigenvalue weighted by Gasteiger charge is 2.08. The van der Waals surface area contributed by atoms with Crippen molar-refractivity contribution in [2.24, 2.45) is 0 Å². The summed E-state index contributed by atoms with van der Waals surface area (Å²) in [6.45, 7) is 4.67. The lowest BCUT2D eigenvalue weighted by atomic mass is 10.00. The molecule has 5 heteroatoms. The molecule has 3 rings (SSSR count). The lowest BCUT2D eigenvalue weighted by molar-refractivity contribution is -0.121.